The summed E-state index contributed by atoms with van der Waals surface area (Å²) in [6.07, 6.45) is 11.6. The van der Waals surface area contributed by atoms with E-state index >= 15 is 0 Å². The lowest BCUT2D eigenvalue weighted by atomic mass is 9.32. The SMILES string of the molecule is C=C(C)[C@@H]1CC[C@]2(C(=O)OCc3oc(=O)oc3C)CC[C@]3(C)[C@H](CC[C@@H]4[C@@]5(C)Cc6cccnc6C(C)(C)[C@@H]5CC[C@]43C)[C@@H]12. The van der Waals surface area contributed by atoms with Gasteiger partial charge in [0, 0.05) is 17.3 Å². The third-order valence-electron chi connectivity index (χ3n) is 14.9. The minimum atomic E-state index is -0.754. The van der Waals surface area contributed by atoms with Crippen LogP contribution in [0.1, 0.15) is 116 Å². The number of carbonyl (C=O) groups is 1. The van der Waals surface area contributed by atoms with E-state index in [1.807, 2.05) is 6.20 Å². The first-order valence-corrected chi connectivity index (χ1v) is 17.1. The molecule has 9 atom stereocenters. The van der Waals surface area contributed by atoms with Gasteiger partial charge < -0.3 is 13.6 Å². The lowest BCUT2D eigenvalue weighted by molar-refractivity contribution is -0.229. The Labute approximate surface area is 262 Å². The Hall–Kier alpha value is -2.63. The molecule has 2 aromatic heterocycles. The number of hydrogen-bond acceptors (Lipinski definition) is 6. The lowest BCUT2D eigenvalue weighted by Gasteiger charge is -2.72. The summed E-state index contributed by atoms with van der Waals surface area (Å²) in [4.78, 5) is 30.8. The molecule has 0 bridgehead atoms. The van der Waals surface area contributed by atoms with E-state index in [9.17, 15) is 9.59 Å². The van der Waals surface area contributed by atoms with Crippen molar-refractivity contribution in [3.63, 3.8) is 0 Å². The lowest BCUT2D eigenvalue weighted by Crippen LogP contribution is -2.67. The van der Waals surface area contributed by atoms with Gasteiger partial charge in [-0.3, -0.25) is 9.78 Å². The predicted octanol–water partition coefficient (Wildman–Crippen LogP) is 8.35. The number of allylic oxidation sites excluding steroid dienone is 1. The van der Waals surface area contributed by atoms with Crippen LogP contribution >= 0.6 is 0 Å². The van der Waals surface area contributed by atoms with Crippen LogP contribution in [0.25, 0.3) is 0 Å². The molecule has 4 fully saturated rings. The van der Waals surface area contributed by atoms with Crippen molar-refractivity contribution in [2.45, 2.75) is 118 Å². The summed E-state index contributed by atoms with van der Waals surface area (Å²) in [5.74, 6) is 2.00. The van der Waals surface area contributed by atoms with E-state index in [1.54, 1.807) is 6.92 Å². The second-order valence-corrected chi connectivity index (χ2v) is 16.8. The van der Waals surface area contributed by atoms with Crippen LogP contribution in [-0.4, -0.2) is 11.0 Å². The summed E-state index contributed by atoms with van der Waals surface area (Å²) in [6.45, 7) is 21.0. The van der Waals surface area contributed by atoms with Crippen LogP contribution in [0.3, 0.4) is 0 Å². The van der Waals surface area contributed by atoms with Gasteiger partial charge in [0.1, 0.15) is 0 Å². The topological polar surface area (TPSA) is 82.5 Å². The van der Waals surface area contributed by atoms with Gasteiger partial charge in [-0.15, -0.1) is 0 Å². The molecule has 5 aliphatic carbocycles. The zero-order chi connectivity index (χ0) is 31.4. The first-order valence-electron chi connectivity index (χ1n) is 17.1. The number of aromatic nitrogens is 1. The zero-order valence-electron chi connectivity index (χ0n) is 27.9. The van der Waals surface area contributed by atoms with E-state index in [4.69, 9.17) is 18.6 Å². The molecule has 4 saturated carbocycles. The molecule has 0 spiro atoms. The normalized spacial score (nSPS) is 41.8. The number of carbonyl (C=O) groups excluding carboxylic acids is 1. The maximum atomic E-state index is 14.2. The third kappa shape index (κ3) is 3.81. The molecule has 2 aromatic rings. The molecule has 7 rings (SSSR count). The van der Waals surface area contributed by atoms with Crippen LogP contribution in [-0.2, 0) is 28.0 Å². The van der Waals surface area contributed by atoms with Crippen molar-refractivity contribution < 1.29 is 18.4 Å². The smallest absolute Gasteiger partial charge is 0.457 e. The molecule has 5 aliphatic rings. The number of fused-ring (bicyclic) bond motifs is 8. The largest absolute Gasteiger partial charge is 0.519 e. The number of rotatable bonds is 4. The molecule has 44 heavy (non-hydrogen) atoms. The summed E-state index contributed by atoms with van der Waals surface area (Å²) in [5, 5.41) is 0. The van der Waals surface area contributed by atoms with E-state index in [1.165, 1.54) is 36.1 Å². The fraction of sp³-hybridized carbons (Fsp3) is 0.711. The van der Waals surface area contributed by atoms with Gasteiger partial charge in [0.05, 0.1) is 5.41 Å². The van der Waals surface area contributed by atoms with Crippen molar-refractivity contribution in [3.05, 3.63) is 63.9 Å². The fourth-order valence-electron chi connectivity index (χ4n) is 12.8. The molecule has 0 aromatic carbocycles. The molecule has 6 heteroatoms. The molecule has 238 valence electrons. The Morgan fingerprint density at radius 2 is 1.77 bits per heavy atom. The van der Waals surface area contributed by atoms with Gasteiger partial charge >= 0.3 is 11.8 Å². The Balaban J connectivity index is 1.24. The van der Waals surface area contributed by atoms with Gasteiger partial charge in [-0.25, -0.2) is 4.79 Å². The monoisotopic (exact) mass is 601 g/mol. The summed E-state index contributed by atoms with van der Waals surface area (Å²) in [6, 6.07) is 4.45. The van der Waals surface area contributed by atoms with Crippen molar-refractivity contribution >= 4 is 5.97 Å². The molecular formula is C38H51NO5. The molecular weight excluding hydrogens is 550 g/mol. The highest BCUT2D eigenvalue weighted by Gasteiger charge is 2.72. The summed E-state index contributed by atoms with van der Waals surface area (Å²) in [5.41, 5.74) is 4.02. The van der Waals surface area contributed by atoms with Crippen LogP contribution in [0, 0.1) is 58.2 Å². The highest BCUT2D eigenvalue weighted by Crippen LogP contribution is 2.77. The Bertz CT molecular complexity index is 1570. The van der Waals surface area contributed by atoms with E-state index in [2.05, 4.69) is 60.3 Å². The van der Waals surface area contributed by atoms with Crippen LogP contribution in [0.2, 0.25) is 0 Å². The quantitative estimate of drug-likeness (QED) is 0.259. The van der Waals surface area contributed by atoms with Gasteiger partial charge in [-0.05, 0) is 129 Å². The highest BCUT2D eigenvalue weighted by molar-refractivity contribution is 5.78. The summed E-state index contributed by atoms with van der Waals surface area (Å²) in [7, 11) is 0. The van der Waals surface area contributed by atoms with Crippen LogP contribution < -0.4 is 5.82 Å². The molecule has 0 aliphatic heterocycles. The fourth-order valence-corrected chi connectivity index (χ4v) is 12.8. The Morgan fingerprint density at radius 1 is 1.00 bits per heavy atom. The van der Waals surface area contributed by atoms with Crippen LogP contribution in [0.15, 0.2) is 44.1 Å². The second-order valence-electron chi connectivity index (χ2n) is 16.8. The van der Waals surface area contributed by atoms with Gasteiger partial charge in [0.2, 0.25) is 0 Å². The van der Waals surface area contributed by atoms with Crippen molar-refractivity contribution in [3.8, 4) is 0 Å². The maximum Gasteiger partial charge on any atom is 0.519 e. The van der Waals surface area contributed by atoms with E-state index in [0.29, 0.717) is 35.2 Å². The number of nitrogens with zero attached hydrogens (tertiary/aromatic N) is 1. The van der Waals surface area contributed by atoms with Crippen LogP contribution in [0.4, 0.5) is 0 Å². The average molecular weight is 602 g/mol. The molecule has 6 nitrogen and oxygen atoms in total. The Morgan fingerprint density at radius 3 is 2.48 bits per heavy atom. The summed E-state index contributed by atoms with van der Waals surface area (Å²) < 4.78 is 16.2. The molecule has 0 unspecified atom stereocenters. The number of aryl methyl sites for hydroxylation is 1. The highest BCUT2D eigenvalue weighted by atomic mass is 16.6. The second kappa shape index (κ2) is 9.69. The first kappa shape index (κ1) is 30.0. The van der Waals surface area contributed by atoms with Crippen molar-refractivity contribution in [1.29, 1.82) is 0 Å². The average Bonchev–Trinajstić information content (AvgIpc) is 3.51. The minimum absolute atomic E-state index is 0.0527. The number of hydrogen-bond donors (Lipinski definition) is 0. The molecule has 0 N–H and O–H groups in total. The van der Waals surface area contributed by atoms with Crippen LogP contribution in [0.5, 0.6) is 0 Å². The van der Waals surface area contributed by atoms with Crippen molar-refractivity contribution in [1.82, 2.24) is 4.98 Å². The van der Waals surface area contributed by atoms with Crippen molar-refractivity contribution in [2.75, 3.05) is 0 Å². The number of pyridine rings is 1. The number of esters is 1. The molecule has 0 amide bonds. The minimum Gasteiger partial charge on any atom is -0.457 e. The van der Waals surface area contributed by atoms with Gasteiger partial charge in [0.15, 0.2) is 18.1 Å². The van der Waals surface area contributed by atoms with Crippen molar-refractivity contribution in [2.24, 2.45) is 51.2 Å². The zero-order valence-corrected chi connectivity index (χ0v) is 27.9. The molecule has 2 heterocycles. The third-order valence-corrected chi connectivity index (χ3v) is 14.9. The predicted molar refractivity (Wildman–Crippen MR) is 169 cm³/mol. The van der Waals surface area contributed by atoms with Gasteiger partial charge in [0.25, 0.3) is 0 Å². The van der Waals surface area contributed by atoms with E-state index in [0.717, 1.165) is 38.5 Å². The molecule has 0 radical (unpaired) electrons. The maximum absolute atomic E-state index is 14.2. The summed E-state index contributed by atoms with van der Waals surface area (Å²) >= 11 is 0. The van der Waals surface area contributed by atoms with Gasteiger partial charge in [-0.2, -0.15) is 0 Å². The van der Waals surface area contributed by atoms with Gasteiger partial charge in [-0.1, -0.05) is 52.8 Å². The van der Waals surface area contributed by atoms with E-state index < -0.39 is 11.2 Å². The number of ether oxygens (including phenoxy) is 1. The van der Waals surface area contributed by atoms with E-state index in [-0.39, 0.29) is 40.2 Å². The first-order chi connectivity index (χ1) is 20.7. The standard InChI is InChI=1S/C38H51NO5/c1-22(2)25-13-16-38(32(40)42-21-27-23(3)43-33(41)44-27)18-17-36(7)26(30(25)38)11-12-29-35(6)20-24-10-9-19-39-31(24)34(4,5)28(35)14-15-37(29,36)8/h9-10,19,25-26,28-30H,1,11-18,20-21H2,2-8H3/t25-,26+,28-,29+,30+,35-,36+,37+,38-/m0/s1. The molecule has 0 saturated heterocycles. The Kier molecular flexibility index (Phi) is 6.62.